The largest absolute Gasteiger partial charge is 0.443 e. The number of aromatic nitrogens is 1. The molecule has 0 radical (unpaired) electrons. The van der Waals surface area contributed by atoms with E-state index in [4.69, 9.17) is 10.2 Å². The minimum absolute atomic E-state index is 0.134. The number of hydrogen-bond acceptors (Lipinski definition) is 6. The van der Waals surface area contributed by atoms with Crippen LogP contribution in [0.25, 0.3) is 5.70 Å². The molecule has 6 heteroatoms. The van der Waals surface area contributed by atoms with Crippen LogP contribution in [0.15, 0.2) is 51.8 Å². The second-order valence-electron chi connectivity index (χ2n) is 5.92. The van der Waals surface area contributed by atoms with Gasteiger partial charge in [-0.2, -0.15) is 0 Å². The smallest absolute Gasteiger partial charge is 0.246 e. The number of nitrogens with two attached hydrogens (primary N) is 1. The summed E-state index contributed by atoms with van der Waals surface area (Å²) in [4.78, 5) is 10.7. The highest BCUT2D eigenvalue weighted by Crippen LogP contribution is 2.40. The van der Waals surface area contributed by atoms with E-state index in [1.165, 1.54) is 11.8 Å². The summed E-state index contributed by atoms with van der Waals surface area (Å²) in [5.41, 5.74) is 9.88. The average Bonchev–Trinajstić information content (AvgIpc) is 3.16. The number of hydrogen-bond donors (Lipinski definition) is 2. The van der Waals surface area contributed by atoms with E-state index in [1.54, 1.807) is 6.20 Å². The van der Waals surface area contributed by atoms with Gasteiger partial charge in [0.1, 0.15) is 17.8 Å². The van der Waals surface area contributed by atoms with Crippen molar-refractivity contribution in [3.63, 3.8) is 0 Å². The van der Waals surface area contributed by atoms with Crippen LogP contribution in [0.3, 0.4) is 0 Å². The zero-order valence-electron chi connectivity index (χ0n) is 12.8. The fourth-order valence-electron chi connectivity index (χ4n) is 3.47. The Labute approximate surface area is 134 Å². The van der Waals surface area contributed by atoms with Crippen LogP contribution in [0, 0.1) is 0 Å². The van der Waals surface area contributed by atoms with Crippen molar-refractivity contribution in [2.75, 3.05) is 6.54 Å². The fraction of sp³-hybridized carbons (Fsp3) is 0.294. The summed E-state index contributed by atoms with van der Waals surface area (Å²) in [6, 6.07) is 8.00. The molecule has 0 amide bonds. The van der Waals surface area contributed by atoms with E-state index in [0.717, 1.165) is 11.3 Å². The minimum Gasteiger partial charge on any atom is -0.443 e. The quantitative estimate of drug-likeness (QED) is 0.881. The predicted molar refractivity (Wildman–Crippen MR) is 86.3 cm³/mol. The van der Waals surface area contributed by atoms with Crippen molar-refractivity contribution in [1.82, 2.24) is 9.88 Å². The fourth-order valence-corrected chi connectivity index (χ4v) is 3.47. The molecule has 23 heavy (non-hydrogen) atoms. The third-order valence-electron chi connectivity index (χ3n) is 4.50. The Morgan fingerprint density at radius 3 is 2.96 bits per heavy atom. The van der Waals surface area contributed by atoms with Gasteiger partial charge in [0, 0.05) is 12.1 Å². The summed E-state index contributed by atoms with van der Waals surface area (Å²) in [6.45, 7) is 2.44. The minimum atomic E-state index is -0.473. The first-order valence-corrected chi connectivity index (χ1v) is 7.61. The highest BCUT2D eigenvalue weighted by molar-refractivity contribution is 5.90. The van der Waals surface area contributed by atoms with E-state index in [-0.39, 0.29) is 6.04 Å². The summed E-state index contributed by atoms with van der Waals surface area (Å²) in [5.74, 6) is 0.927. The van der Waals surface area contributed by atoms with Crippen LogP contribution in [-0.4, -0.2) is 33.5 Å². The Bertz CT molecular complexity index is 795. The van der Waals surface area contributed by atoms with Crippen LogP contribution >= 0.6 is 0 Å². The number of aliphatic hydroxyl groups excluding tert-OH is 1. The summed E-state index contributed by atoms with van der Waals surface area (Å²) in [7, 11) is 0. The molecule has 2 atom stereocenters. The third-order valence-corrected chi connectivity index (χ3v) is 4.50. The molecule has 1 aromatic carbocycles. The second kappa shape index (κ2) is 5.24. The standard InChI is InChI=1S/C17H18N4O2/c1-10-15(17-19-6-7-23-17)20-14(18)9-21(10)16-12-5-3-2-4-11(12)8-13(16)22/h2-7,13,16,22H,8-9H2,1H3,(H2,18,20)/t13-,16-/m1/s1. The molecule has 3 N–H and O–H groups in total. The lowest BCUT2D eigenvalue weighted by Crippen LogP contribution is -2.41. The molecule has 4 rings (SSSR count). The van der Waals surface area contributed by atoms with Crippen LogP contribution in [0.4, 0.5) is 0 Å². The molecule has 2 aliphatic rings. The van der Waals surface area contributed by atoms with Gasteiger partial charge in [0.15, 0.2) is 0 Å². The Morgan fingerprint density at radius 1 is 1.35 bits per heavy atom. The van der Waals surface area contributed by atoms with E-state index in [9.17, 15) is 5.11 Å². The molecule has 0 saturated carbocycles. The summed E-state index contributed by atoms with van der Waals surface area (Å²) in [5, 5.41) is 10.6. The zero-order chi connectivity index (χ0) is 16.0. The number of oxazole rings is 1. The van der Waals surface area contributed by atoms with Crippen LogP contribution in [0.2, 0.25) is 0 Å². The average molecular weight is 310 g/mol. The normalized spacial score (nSPS) is 23.9. The lowest BCUT2D eigenvalue weighted by Gasteiger charge is -2.36. The molecular weight excluding hydrogens is 292 g/mol. The van der Waals surface area contributed by atoms with Crippen LogP contribution in [-0.2, 0) is 6.42 Å². The SMILES string of the molecule is CC1=C(c2ncco2)N=C(N)CN1[C@@H]1c2ccccc2C[C@H]1O. The van der Waals surface area contributed by atoms with Gasteiger partial charge >= 0.3 is 0 Å². The van der Waals surface area contributed by atoms with Crippen molar-refractivity contribution >= 4 is 11.5 Å². The molecule has 6 nitrogen and oxygen atoms in total. The van der Waals surface area contributed by atoms with Crippen LogP contribution in [0.5, 0.6) is 0 Å². The van der Waals surface area contributed by atoms with E-state index in [2.05, 4.69) is 27.0 Å². The highest BCUT2D eigenvalue weighted by Gasteiger charge is 2.38. The maximum Gasteiger partial charge on any atom is 0.246 e. The summed E-state index contributed by atoms with van der Waals surface area (Å²) >= 11 is 0. The second-order valence-corrected chi connectivity index (χ2v) is 5.92. The van der Waals surface area contributed by atoms with Gasteiger partial charge in [-0.25, -0.2) is 9.98 Å². The molecule has 0 bridgehead atoms. The number of fused-ring (bicyclic) bond motifs is 1. The van der Waals surface area contributed by atoms with Crippen molar-refractivity contribution in [2.45, 2.75) is 25.5 Å². The third kappa shape index (κ3) is 2.22. The lowest BCUT2D eigenvalue weighted by atomic mass is 10.0. The van der Waals surface area contributed by atoms with Gasteiger partial charge in [0.05, 0.1) is 24.9 Å². The Morgan fingerprint density at radius 2 is 2.17 bits per heavy atom. The molecule has 0 unspecified atom stereocenters. The van der Waals surface area contributed by atoms with E-state index < -0.39 is 6.10 Å². The van der Waals surface area contributed by atoms with Crippen molar-refractivity contribution in [3.05, 3.63) is 59.4 Å². The van der Waals surface area contributed by atoms with Crippen LogP contribution in [0.1, 0.15) is 30.0 Å². The first-order chi connectivity index (χ1) is 11.1. The Kier molecular flexibility index (Phi) is 3.20. The van der Waals surface area contributed by atoms with Crippen molar-refractivity contribution in [1.29, 1.82) is 0 Å². The topological polar surface area (TPSA) is 87.9 Å². The zero-order valence-corrected chi connectivity index (χ0v) is 12.8. The molecule has 118 valence electrons. The maximum absolute atomic E-state index is 10.6. The van der Waals surface area contributed by atoms with Gasteiger partial charge in [-0.3, -0.25) is 0 Å². The number of allylic oxidation sites excluding steroid dienone is 1. The van der Waals surface area contributed by atoms with Crippen molar-refractivity contribution < 1.29 is 9.52 Å². The molecule has 0 saturated heterocycles. The number of aliphatic imine (C=N–C) groups is 1. The molecular formula is C17H18N4O2. The van der Waals surface area contributed by atoms with E-state index >= 15 is 0 Å². The number of rotatable bonds is 2. The molecule has 1 aliphatic carbocycles. The summed E-state index contributed by atoms with van der Waals surface area (Å²) < 4.78 is 5.38. The molecule has 0 spiro atoms. The molecule has 0 fully saturated rings. The van der Waals surface area contributed by atoms with Gasteiger partial charge in [0.2, 0.25) is 5.89 Å². The lowest BCUT2D eigenvalue weighted by molar-refractivity contribution is 0.0879. The van der Waals surface area contributed by atoms with Gasteiger partial charge in [-0.15, -0.1) is 0 Å². The number of amidine groups is 1. The van der Waals surface area contributed by atoms with E-state index in [0.29, 0.717) is 30.4 Å². The van der Waals surface area contributed by atoms with Crippen LogP contribution < -0.4 is 5.73 Å². The van der Waals surface area contributed by atoms with Gasteiger partial charge in [-0.05, 0) is 18.1 Å². The van der Waals surface area contributed by atoms with Gasteiger partial charge in [0.25, 0.3) is 0 Å². The monoisotopic (exact) mass is 310 g/mol. The first kappa shape index (κ1) is 14.0. The molecule has 1 aliphatic heterocycles. The Balaban J connectivity index is 1.79. The number of aliphatic hydroxyl groups is 1. The van der Waals surface area contributed by atoms with Gasteiger partial charge < -0.3 is 20.2 Å². The number of benzene rings is 1. The number of nitrogens with zero attached hydrogens (tertiary/aromatic N) is 3. The first-order valence-electron chi connectivity index (χ1n) is 7.61. The van der Waals surface area contributed by atoms with Gasteiger partial charge in [-0.1, -0.05) is 24.3 Å². The maximum atomic E-state index is 10.6. The Hall–Kier alpha value is -2.60. The molecule has 2 heterocycles. The van der Waals surface area contributed by atoms with Crippen molar-refractivity contribution in [3.8, 4) is 0 Å². The predicted octanol–water partition coefficient (Wildman–Crippen LogP) is 1.69. The van der Waals surface area contributed by atoms with E-state index in [1.807, 2.05) is 19.1 Å². The molecule has 1 aromatic heterocycles. The highest BCUT2D eigenvalue weighted by atomic mass is 16.3. The van der Waals surface area contributed by atoms with Crippen molar-refractivity contribution in [2.24, 2.45) is 10.7 Å². The summed E-state index contributed by atoms with van der Waals surface area (Å²) in [6.07, 6.45) is 3.27. The molecule has 2 aromatic rings.